The van der Waals surface area contributed by atoms with E-state index in [1.807, 2.05) is 0 Å². The number of para-hydroxylation sites is 1. The lowest BCUT2D eigenvalue weighted by molar-refractivity contribution is -0.923. The molecule has 2 aromatic rings. The molecule has 0 saturated heterocycles. The molecule has 0 fully saturated rings. The van der Waals surface area contributed by atoms with Gasteiger partial charge >= 0.3 is 0 Å². The number of nitrogens with zero attached hydrogens (tertiary/aromatic N) is 2. The Morgan fingerprint density at radius 3 is 2.26 bits per heavy atom. The Morgan fingerprint density at radius 1 is 1.00 bits per heavy atom. The van der Waals surface area contributed by atoms with Crippen LogP contribution in [0.5, 0.6) is 0 Å². The van der Waals surface area contributed by atoms with Crippen molar-refractivity contribution in [2.75, 3.05) is 26.2 Å². The minimum absolute atomic E-state index is 1.18. The molecule has 0 amide bonds. The quantitative estimate of drug-likeness (QED) is 0.699. The summed E-state index contributed by atoms with van der Waals surface area (Å²) in [6, 6.07) is 8.73. The van der Waals surface area contributed by atoms with Gasteiger partial charge in [0.2, 0.25) is 0 Å². The molecule has 104 valence electrons. The predicted octanol–water partition coefficient (Wildman–Crippen LogP) is 3.60. The van der Waals surface area contributed by atoms with Gasteiger partial charge in [-0.1, -0.05) is 18.2 Å². The zero-order valence-electron chi connectivity index (χ0n) is 12.8. The van der Waals surface area contributed by atoms with Crippen molar-refractivity contribution in [2.24, 2.45) is 7.05 Å². The minimum Gasteiger partial charge on any atom is -0.350 e. The molecule has 0 bridgehead atoms. The molecule has 0 radical (unpaired) electrons. The van der Waals surface area contributed by atoms with Crippen LogP contribution in [-0.4, -0.2) is 35.2 Å². The van der Waals surface area contributed by atoms with Crippen LogP contribution in [0, 0.1) is 0 Å². The van der Waals surface area contributed by atoms with Crippen LogP contribution >= 0.6 is 0 Å². The Labute approximate surface area is 117 Å². The first-order valence-electron chi connectivity index (χ1n) is 7.53. The van der Waals surface area contributed by atoms with Crippen LogP contribution < -0.4 is 0 Å². The lowest BCUT2D eigenvalue weighted by Crippen LogP contribution is -2.48. The molecule has 0 aliphatic heterocycles. The number of benzene rings is 1. The Hall–Kier alpha value is -1.28. The van der Waals surface area contributed by atoms with Crippen molar-refractivity contribution in [2.45, 2.75) is 27.2 Å². The van der Waals surface area contributed by atoms with E-state index in [0.29, 0.717) is 0 Å². The van der Waals surface area contributed by atoms with Gasteiger partial charge in [0.25, 0.3) is 0 Å². The van der Waals surface area contributed by atoms with Gasteiger partial charge < -0.3 is 9.05 Å². The number of hydrogen-bond acceptors (Lipinski definition) is 0. The summed E-state index contributed by atoms with van der Waals surface area (Å²) in [5, 5.41) is 1.42. The van der Waals surface area contributed by atoms with Gasteiger partial charge in [0.1, 0.15) is 0 Å². The molecule has 2 rings (SSSR count). The van der Waals surface area contributed by atoms with Crippen LogP contribution in [0.15, 0.2) is 30.5 Å². The van der Waals surface area contributed by atoms with Crippen molar-refractivity contribution in [3.05, 3.63) is 36.0 Å². The molecule has 1 aromatic carbocycles. The molecule has 0 N–H and O–H groups in total. The summed E-state index contributed by atoms with van der Waals surface area (Å²) in [5.41, 5.74) is 2.84. The van der Waals surface area contributed by atoms with Crippen molar-refractivity contribution in [3.63, 3.8) is 0 Å². The Balaban J connectivity index is 2.22. The smallest absolute Gasteiger partial charge is 0.0828 e. The molecule has 2 nitrogen and oxygen atoms in total. The zero-order valence-corrected chi connectivity index (χ0v) is 12.8. The fourth-order valence-corrected chi connectivity index (χ4v) is 3.13. The number of aryl methyl sites for hydroxylation is 1. The molecule has 0 aliphatic rings. The van der Waals surface area contributed by atoms with E-state index in [1.54, 1.807) is 0 Å². The Bertz CT molecular complexity index is 527. The summed E-state index contributed by atoms with van der Waals surface area (Å²) in [7, 11) is 2.15. The third kappa shape index (κ3) is 2.69. The van der Waals surface area contributed by atoms with Crippen LogP contribution in [-0.2, 0) is 13.5 Å². The van der Waals surface area contributed by atoms with Gasteiger partial charge in [-0.25, -0.2) is 0 Å². The molecule has 19 heavy (non-hydrogen) atoms. The van der Waals surface area contributed by atoms with Crippen LogP contribution in [0.2, 0.25) is 0 Å². The van der Waals surface area contributed by atoms with E-state index in [9.17, 15) is 0 Å². The maximum atomic E-state index is 2.32. The lowest BCUT2D eigenvalue weighted by Gasteiger charge is -2.35. The number of hydrogen-bond donors (Lipinski definition) is 0. The molecule has 0 atom stereocenters. The van der Waals surface area contributed by atoms with E-state index in [2.05, 4.69) is 62.8 Å². The summed E-state index contributed by atoms with van der Waals surface area (Å²) in [6.45, 7) is 11.9. The van der Waals surface area contributed by atoms with Crippen molar-refractivity contribution < 1.29 is 4.48 Å². The second-order valence-corrected chi connectivity index (χ2v) is 5.55. The fraction of sp³-hybridized carbons (Fsp3) is 0.529. The van der Waals surface area contributed by atoms with Crippen LogP contribution in [0.1, 0.15) is 26.3 Å². The third-order valence-corrected chi connectivity index (χ3v) is 4.85. The first-order valence-corrected chi connectivity index (χ1v) is 7.53. The normalized spacial score (nSPS) is 12.2. The average Bonchev–Trinajstić information content (AvgIpc) is 2.78. The maximum Gasteiger partial charge on any atom is 0.0828 e. The predicted molar refractivity (Wildman–Crippen MR) is 83.4 cm³/mol. The SMILES string of the molecule is CC[N+](CC)(CC)CCc1cn(C)c2ccccc12. The molecule has 1 aromatic heterocycles. The molecular weight excluding hydrogens is 232 g/mol. The van der Waals surface area contributed by atoms with E-state index < -0.39 is 0 Å². The highest BCUT2D eigenvalue weighted by Gasteiger charge is 2.21. The van der Waals surface area contributed by atoms with Crippen LogP contribution in [0.3, 0.4) is 0 Å². The van der Waals surface area contributed by atoms with Gasteiger partial charge in [-0.3, -0.25) is 0 Å². The van der Waals surface area contributed by atoms with Crippen molar-refractivity contribution in [1.82, 2.24) is 4.57 Å². The fourth-order valence-electron chi connectivity index (χ4n) is 3.13. The maximum absolute atomic E-state index is 2.32. The summed E-state index contributed by atoms with van der Waals surface area (Å²) in [6.07, 6.45) is 3.48. The molecule has 0 unspecified atom stereocenters. The van der Waals surface area contributed by atoms with Gasteiger partial charge in [-0.2, -0.15) is 0 Å². The van der Waals surface area contributed by atoms with Crippen molar-refractivity contribution in [3.8, 4) is 0 Å². The first-order chi connectivity index (χ1) is 9.15. The first kappa shape index (κ1) is 14.1. The third-order valence-electron chi connectivity index (χ3n) is 4.85. The summed E-state index contributed by atoms with van der Waals surface area (Å²) in [5.74, 6) is 0. The minimum atomic E-state index is 1.18. The Morgan fingerprint density at radius 2 is 1.63 bits per heavy atom. The topological polar surface area (TPSA) is 4.93 Å². The molecular formula is C17H27N2+. The molecule has 0 saturated carbocycles. The van der Waals surface area contributed by atoms with E-state index >= 15 is 0 Å². The van der Waals surface area contributed by atoms with E-state index in [4.69, 9.17) is 0 Å². The second kappa shape index (κ2) is 5.79. The van der Waals surface area contributed by atoms with Gasteiger partial charge in [0.15, 0.2) is 0 Å². The highest BCUT2D eigenvalue weighted by Crippen LogP contribution is 2.21. The van der Waals surface area contributed by atoms with Gasteiger partial charge in [-0.05, 0) is 32.4 Å². The van der Waals surface area contributed by atoms with Crippen molar-refractivity contribution in [1.29, 1.82) is 0 Å². The standard InChI is InChI=1S/C17H27N2/c1-5-19(6-2,7-3)13-12-15-14-18(4)17-11-9-8-10-16(15)17/h8-11,14H,5-7,12-13H2,1-4H3/q+1. The zero-order chi connectivity index (χ0) is 13.9. The molecule has 1 heterocycles. The average molecular weight is 259 g/mol. The second-order valence-electron chi connectivity index (χ2n) is 5.55. The van der Waals surface area contributed by atoms with Crippen LogP contribution in [0.25, 0.3) is 10.9 Å². The molecule has 0 spiro atoms. The van der Waals surface area contributed by atoms with Crippen molar-refractivity contribution >= 4 is 10.9 Å². The number of aromatic nitrogens is 1. The highest BCUT2D eigenvalue weighted by atomic mass is 15.3. The number of quaternary nitrogens is 1. The summed E-state index contributed by atoms with van der Waals surface area (Å²) >= 11 is 0. The number of fused-ring (bicyclic) bond motifs is 1. The monoisotopic (exact) mass is 259 g/mol. The van der Waals surface area contributed by atoms with E-state index in [1.165, 1.54) is 53.5 Å². The highest BCUT2D eigenvalue weighted by molar-refractivity contribution is 5.83. The number of rotatable bonds is 6. The van der Waals surface area contributed by atoms with E-state index in [-0.39, 0.29) is 0 Å². The number of likely N-dealkylation sites (N-methyl/N-ethyl adjacent to an activating group) is 1. The van der Waals surface area contributed by atoms with E-state index in [0.717, 1.165) is 0 Å². The summed E-state index contributed by atoms with van der Waals surface area (Å²) < 4.78 is 3.48. The Kier molecular flexibility index (Phi) is 4.31. The molecule has 2 heteroatoms. The van der Waals surface area contributed by atoms with Gasteiger partial charge in [0.05, 0.1) is 26.2 Å². The summed E-state index contributed by atoms with van der Waals surface area (Å²) in [4.78, 5) is 0. The van der Waals surface area contributed by atoms with Gasteiger partial charge in [-0.15, -0.1) is 0 Å². The molecule has 0 aliphatic carbocycles. The lowest BCUT2D eigenvalue weighted by atomic mass is 10.1. The van der Waals surface area contributed by atoms with Crippen LogP contribution in [0.4, 0.5) is 0 Å². The van der Waals surface area contributed by atoms with Gasteiger partial charge in [0, 0.05) is 30.6 Å². The largest absolute Gasteiger partial charge is 0.350 e.